The largest absolute Gasteiger partial charge is 0.313 e. The smallest absolute Gasteiger partial charge is 0.0223 e. The fourth-order valence-electron chi connectivity index (χ4n) is 3.49. The molecule has 0 aromatic carbocycles. The van der Waals surface area contributed by atoms with Gasteiger partial charge in [0.25, 0.3) is 0 Å². The summed E-state index contributed by atoms with van der Waals surface area (Å²) in [6, 6.07) is 1.58. The van der Waals surface area contributed by atoms with Crippen molar-refractivity contribution in [2.75, 3.05) is 39.3 Å². The van der Waals surface area contributed by atoms with E-state index < -0.39 is 0 Å². The number of nitrogens with one attached hydrogen (secondary N) is 1. The summed E-state index contributed by atoms with van der Waals surface area (Å²) in [5.74, 6) is 0. The average Bonchev–Trinajstić information content (AvgIpc) is 2.73. The van der Waals surface area contributed by atoms with Crippen molar-refractivity contribution < 1.29 is 0 Å². The van der Waals surface area contributed by atoms with E-state index in [0.29, 0.717) is 0 Å². The highest BCUT2D eigenvalue weighted by molar-refractivity contribution is 4.85. The molecule has 2 heterocycles. The van der Waals surface area contributed by atoms with Crippen LogP contribution in [0, 0.1) is 0 Å². The van der Waals surface area contributed by atoms with Gasteiger partial charge in [0, 0.05) is 31.7 Å². The molecule has 0 radical (unpaired) electrons. The van der Waals surface area contributed by atoms with Crippen LogP contribution < -0.4 is 5.32 Å². The van der Waals surface area contributed by atoms with E-state index in [4.69, 9.17) is 0 Å². The number of rotatable bonds is 6. The molecule has 0 saturated carbocycles. The van der Waals surface area contributed by atoms with Gasteiger partial charge in [-0.2, -0.15) is 0 Å². The second kappa shape index (κ2) is 7.46. The van der Waals surface area contributed by atoms with Crippen molar-refractivity contribution >= 4 is 0 Å². The zero-order valence-electron chi connectivity index (χ0n) is 12.3. The van der Waals surface area contributed by atoms with Crippen molar-refractivity contribution in [2.45, 2.75) is 58.0 Å². The molecule has 0 amide bonds. The Morgan fingerprint density at radius 1 is 1.11 bits per heavy atom. The van der Waals surface area contributed by atoms with Gasteiger partial charge in [0.2, 0.25) is 0 Å². The fraction of sp³-hybridized carbons (Fsp3) is 1.00. The zero-order chi connectivity index (χ0) is 12.8. The number of hydrogen-bond acceptors (Lipinski definition) is 3. The lowest BCUT2D eigenvalue weighted by atomic mass is 10.2. The normalized spacial score (nSPS) is 26.5. The van der Waals surface area contributed by atoms with Gasteiger partial charge in [-0.15, -0.1) is 0 Å². The summed E-state index contributed by atoms with van der Waals surface area (Å²) in [7, 11) is 0. The molecule has 0 spiro atoms. The van der Waals surface area contributed by atoms with Crippen LogP contribution in [-0.4, -0.2) is 61.2 Å². The Hall–Kier alpha value is -0.120. The van der Waals surface area contributed by atoms with E-state index in [1.54, 1.807) is 0 Å². The molecule has 1 atom stereocenters. The minimum absolute atomic E-state index is 0.722. The molecule has 0 aromatic heterocycles. The van der Waals surface area contributed by atoms with Crippen LogP contribution in [-0.2, 0) is 0 Å². The first-order valence-corrected chi connectivity index (χ1v) is 8.03. The third kappa shape index (κ3) is 3.94. The van der Waals surface area contributed by atoms with Gasteiger partial charge in [-0.1, -0.05) is 13.8 Å². The van der Waals surface area contributed by atoms with E-state index in [-0.39, 0.29) is 0 Å². The van der Waals surface area contributed by atoms with Gasteiger partial charge in [0.15, 0.2) is 0 Å². The first kappa shape index (κ1) is 14.3. The van der Waals surface area contributed by atoms with Gasteiger partial charge in [-0.05, 0) is 51.7 Å². The van der Waals surface area contributed by atoms with E-state index in [1.807, 2.05) is 0 Å². The molecular formula is C15H31N3. The van der Waals surface area contributed by atoms with Gasteiger partial charge in [0.05, 0.1) is 0 Å². The average molecular weight is 253 g/mol. The highest BCUT2D eigenvalue weighted by atomic mass is 15.3. The fourth-order valence-corrected chi connectivity index (χ4v) is 3.49. The number of hydrogen-bond donors (Lipinski definition) is 1. The summed E-state index contributed by atoms with van der Waals surface area (Å²) in [4.78, 5) is 5.40. The van der Waals surface area contributed by atoms with Crippen LogP contribution in [0.2, 0.25) is 0 Å². The molecule has 106 valence electrons. The topological polar surface area (TPSA) is 18.5 Å². The van der Waals surface area contributed by atoms with Crippen LogP contribution in [0.3, 0.4) is 0 Å². The van der Waals surface area contributed by atoms with E-state index >= 15 is 0 Å². The molecule has 18 heavy (non-hydrogen) atoms. The zero-order valence-corrected chi connectivity index (χ0v) is 12.3. The summed E-state index contributed by atoms with van der Waals surface area (Å²) in [5.41, 5.74) is 0. The highest BCUT2D eigenvalue weighted by Crippen LogP contribution is 2.20. The maximum atomic E-state index is 3.69. The van der Waals surface area contributed by atoms with Crippen LogP contribution >= 0.6 is 0 Å². The molecule has 0 aliphatic carbocycles. The summed E-state index contributed by atoms with van der Waals surface area (Å²) >= 11 is 0. The molecule has 2 rings (SSSR count). The lowest BCUT2D eigenvalue weighted by Crippen LogP contribution is -2.41. The molecule has 3 heteroatoms. The van der Waals surface area contributed by atoms with E-state index in [0.717, 1.165) is 12.1 Å². The molecule has 0 bridgehead atoms. The molecule has 2 aliphatic heterocycles. The van der Waals surface area contributed by atoms with Crippen molar-refractivity contribution in [1.82, 2.24) is 15.1 Å². The molecule has 1 N–H and O–H groups in total. The van der Waals surface area contributed by atoms with Gasteiger partial charge >= 0.3 is 0 Å². The second-order valence-corrected chi connectivity index (χ2v) is 5.95. The summed E-state index contributed by atoms with van der Waals surface area (Å²) in [6.07, 6.45) is 6.72. The predicted molar refractivity (Wildman–Crippen MR) is 78.0 cm³/mol. The Labute approximate surface area is 113 Å². The molecule has 3 nitrogen and oxygen atoms in total. The Bertz CT molecular complexity index is 228. The van der Waals surface area contributed by atoms with Crippen LogP contribution in [0.15, 0.2) is 0 Å². The molecule has 2 saturated heterocycles. The lowest BCUT2D eigenvalue weighted by Gasteiger charge is -2.26. The minimum Gasteiger partial charge on any atom is -0.313 e. The first-order valence-electron chi connectivity index (χ1n) is 8.03. The monoisotopic (exact) mass is 253 g/mol. The van der Waals surface area contributed by atoms with Gasteiger partial charge in [-0.25, -0.2) is 0 Å². The van der Waals surface area contributed by atoms with Gasteiger partial charge < -0.3 is 10.2 Å². The molecule has 0 aromatic rings. The maximum absolute atomic E-state index is 3.69. The van der Waals surface area contributed by atoms with Crippen LogP contribution in [0.4, 0.5) is 0 Å². The third-order valence-electron chi connectivity index (χ3n) is 4.73. The molecular weight excluding hydrogens is 222 g/mol. The highest BCUT2D eigenvalue weighted by Gasteiger charge is 2.28. The molecule has 1 unspecified atom stereocenters. The van der Waals surface area contributed by atoms with Crippen molar-refractivity contribution in [1.29, 1.82) is 0 Å². The van der Waals surface area contributed by atoms with E-state index in [1.165, 1.54) is 71.4 Å². The van der Waals surface area contributed by atoms with Gasteiger partial charge in [-0.3, -0.25) is 4.90 Å². The van der Waals surface area contributed by atoms with Crippen molar-refractivity contribution in [3.8, 4) is 0 Å². The Kier molecular flexibility index (Phi) is 5.93. The van der Waals surface area contributed by atoms with E-state index in [2.05, 4.69) is 29.0 Å². The van der Waals surface area contributed by atoms with Crippen molar-refractivity contribution in [2.24, 2.45) is 0 Å². The first-order chi connectivity index (χ1) is 8.83. The molecule has 2 fully saturated rings. The van der Waals surface area contributed by atoms with E-state index in [9.17, 15) is 0 Å². The number of fused-ring (bicyclic) bond motifs is 1. The SMILES string of the molecule is CCC(CC)NCCN1CCCN2CCCC2C1. The molecule has 2 aliphatic rings. The van der Waals surface area contributed by atoms with Crippen molar-refractivity contribution in [3.05, 3.63) is 0 Å². The van der Waals surface area contributed by atoms with Crippen LogP contribution in [0.25, 0.3) is 0 Å². The maximum Gasteiger partial charge on any atom is 0.0223 e. The van der Waals surface area contributed by atoms with Crippen LogP contribution in [0.1, 0.15) is 46.0 Å². The number of nitrogens with zero attached hydrogens (tertiary/aromatic N) is 2. The lowest BCUT2D eigenvalue weighted by molar-refractivity contribution is 0.218. The second-order valence-electron chi connectivity index (χ2n) is 5.95. The standard InChI is InChI=1S/C15H31N3/c1-3-14(4-2)16-8-12-17-9-6-11-18-10-5-7-15(18)13-17/h14-16H,3-13H2,1-2H3. The predicted octanol–water partition coefficient (Wildman–Crippen LogP) is 1.93. The Balaban J connectivity index is 1.69. The van der Waals surface area contributed by atoms with Gasteiger partial charge in [0.1, 0.15) is 0 Å². The van der Waals surface area contributed by atoms with Crippen molar-refractivity contribution in [3.63, 3.8) is 0 Å². The summed E-state index contributed by atoms with van der Waals surface area (Å²) < 4.78 is 0. The minimum atomic E-state index is 0.722. The van der Waals surface area contributed by atoms with Crippen LogP contribution in [0.5, 0.6) is 0 Å². The quantitative estimate of drug-likeness (QED) is 0.780. The Morgan fingerprint density at radius 2 is 1.89 bits per heavy atom. The summed E-state index contributed by atoms with van der Waals surface area (Å²) in [6.45, 7) is 12.3. The summed E-state index contributed by atoms with van der Waals surface area (Å²) in [5, 5.41) is 3.69. The third-order valence-corrected chi connectivity index (χ3v) is 4.73. The Morgan fingerprint density at radius 3 is 2.67 bits per heavy atom.